The summed E-state index contributed by atoms with van der Waals surface area (Å²) in [5.74, 6) is 0. The fourth-order valence-electron chi connectivity index (χ4n) is 2.60. The van der Waals surface area contributed by atoms with Crippen LogP contribution in [0.1, 0.15) is 11.1 Å². The molecule has 0 aliphatic carbocycles. The minimum absolute atomic E-state index is 0.779. The van der Waals surface area contributed by atoms with Crippen molar-refractivity contribution in [1.82, 2.24) is 15.6 Å². The molecule has 3 aromatic rings. The summed E-state index contributed by atoms with van der Waals surface area (Å²) >= 11 is 1.55. The van der Waals surface area contributed by atoms with Crippen LogP contribution in [0.2, 0.25) is 0 Å². The standard InChI is InChI=1S/C15H14N4OS/c1-3-10-9-16-8-7-11(10)12(4-1)19-21-14-6-2-5-13-15(14)18-20-17-13/h1-6,16,19H,7-9H2. The summed E-state index contributed by atoms with van der Waals surface area (Å²) in [4.78, 5) is 1.01. The van der Waals surface area contributed by atoms with Crippen LogP contribution in [0.4, 0.5) is 5.69 Å². The van der Waals surface area contributed by atoms with E-state index in [2.05, 4.69) is 38.6 Å². The zero-order valence-corrected chi connectivity index (χ0v) is 12.1. The van der Waals surface area contributed by atoms with Gasteiger partial charge in [0, 0.05) is 12.2 Å². The molecule has 0 saturated heterocycles. The van der Waals surface area contributed by atoms with Crippen molar-refractivity contribution >= 4 is 28.7 Å². The van der Waals surface area contributed by atoms with Crippen molar-refractivity contribution in [2.24, 2.45) is 0 Å². The van der Waals surface area contributed by atoms with Crippen molar-refractivity contribution in [2.45, 2.75) is 17.9 Å². The molecule has 2 aromatic carbocycles. The molecule has 1 aromatic heterocycles. The van der Waals surface area contributed by atoms with Gasteiger partial charge in [0.1, 0.15) is 5.52 Å². The molecule has 0 atom stereocenters. The fraction of sp³-hybridized carbons (Fsp3) is 0.200. The van der Waals surface area contributed by atoms with Crippen molar-refractivity contribution in [3.63, 3.8) is 0 Å². The Morgan fingerprint density at radius 2 is 2.10 bits per heavy atom. The first kappa shape index (κ1) is 12.7. The summed E-state index contributed by atoms with van der Waals surface area (Å²) in [5, 5.41) is 11.2. The number of benzene rings is 2. The quantitative estimate of drug-likeness (QED) is 0.725. The Hall–Kier alpha value is -2.05. The van der Waals surface area contributed by atoms with Gasteiger partial charge >= 0.3 is 0 Å². The van der Waals surface area contributed by atoms with Crippen LogP contribution >= 0.6 is 11.9 Å². The SMILES string of the molecule is c1cc2c(c(NSc3cccc4nonc34)c1)CCNC2. The summed E-state index contributed by atoms with van der Waals surface area (Å²) in [6.07, 6.45) is 1.05. The Morgan fingerprint density at radius 3 is 3.10 bits per heavy atom. The second-order valence-corrected chi connectivity index (χ2v) is 5.81. The van der Waals surface area contributed by atoms with Crippen LogP contribution in [0.3, 0.4) is 0 Å². The van der Waals surface area contributed by atoms with Crippen LogP contribution in [0, 0.1) is 0 Å². The second kappa shape index (κ2) is 5.38. The number of nitrogens with one attached hydrogen (secondary N) is 2. The number of hydrogen-bond donors (Lipinski definition) is 2. The van der Waals surface area contributed by atoms with Crippen LogP contribution in [0.15, 0.2) is 45.9 Å². The van der Waals surface area contributed by atoms with Gasteiger partial charge in [0.25, 0.3) is 0 Å². The topological polar surface area (TPSA) is 63.0 Å². The van der Waals surface area contributed by atoms with Crippen LogP contribution in [-0.4, -0.2) is 16.9 Å². The third-order valence-corrected chi connectivity index (χ3v) is 4.53. The Kier molecular flexibility index (Phi) is 3.25. The first-order valence-electron chi connectivity index (χ1n) is 6.87. The van der Waals surface area contributed by atoms with Gasteiger partial charge < -0.3 is 10.0 Å². The molecule has 0 unspecified atom stereocenters. The number of aromatic nitrogens is 2. The summed E-state index contributed by atoms with van der Waals surface area (Å²) in [7, 11) is 0. The van der Waals surface area contributed by atoms with Gasteiger partial charge in [-0.2, -0.15) is 0 Å². The van der Waals surface area contributed by atoms with Crippen LogP contribution < -0.4 is 10.0 Å². The molecular weight excluding hydrogens is 284 g/mol. The van der Waals surface area contributed by atoms with Crippen molar-refractivity contribution in [3.8, 4) is 0 Å². The molecular formula is C15H14N4OS. The van der Waals surface area contributed by atoms with Crippen LogP contribution in [0.25, 0.3) is 11.0 Å². The molecule has 2 N–H and O–H groups in total. The maximum atomic E-state index is 4.80. The molecule has 21 heavy (non-hydrogen) atoms. The monoisotopic (exact) mass is 298 g/mol. The largest absolute Gasteiger partial charge is 0.325 e. The summed E-state index contributed by atoms with van der Waals surface area (Å²) in [6, 6.07) is 12.3. The van der Waals surface area contributed by atoms with Crippen molar-refractivity contribution in [3.05, 3.63) is 47.5 Å². The van der Waals surface area contributed by atoms with Crippen molar-refractivity contribution in [2.75, 3.05) is 11.3 Å². The molecule has 5 nitrogen and oxygen atoms in total. The molecule has 0 radical (unpaired) electrons. The van der Waals surface area contributed by atoms with Gasteiger partial charge in [0.2, 0.25) is 0 Å². The van der Waals surface area contributed by atoms with Gasteiger partial charge in [-0.15, -0.1) is 0 Å². The van der Waals surface area contributed by atoms with Gasteiger partial charge in [-0.25, -0.2) is 4.63 Å². The predicted molar refractivity (Wildman–Crippen MR) is 83.1 cm³/mol. The number of anilines is 1. The van der Waals surface area contributed by atoms with Crippen molar-refractivity contribution in [1.29, 1.82) is 0 Å². The van der Waals surface area contributed by atoms with Crippen LogP contribution in [0.5, 0.6) is 0 Å². The highest BCUT2D eigenvalue weighted by atomic mass is 32.2. The van der Waals surface area contributed by atoms with E-state index in [1.165, 1.54) is 16.8 Å². The third-order valence-electron chi connectivity index (χ3n) is 3.66. The number of rotatable bonds is 3. The molecule has 0 amide bonds. The molecule has 1 aliphatic rings. The number of nitrogens with zero attached hydrogens (tertiary/aromatic N) is 2. The maximum Gasteiger partial charge on any atom is 0.150 e. The smallest absolute Gasteiger partial charge is 0.150 e. The van der Waals surface area contributed by atoms with E-state index in [-0.39, 0.29) is 0 Å². The minimum atomic E-state index is 0.779. The zero-order valence-electron chi connectivity index (χ0n) is 11.3. The lowest BCUT2D eigenvalue weighted by molar-refractivity contribution is 0.315. The van der Waals surface area contributed by atoms with E-state index >= 15 is 0 Å². The molecule has 0 spiro atoms. The molecule has 0 fully saturated rings. The molecule has 2 heterocycles. The Morgan fingerprint density at radius 1 is 1.14 bits per heavy atom. The Balaban J connectivity index is 1.61. The predicted octanol–water partition coefficient (Wildman–Crippen LogP) is 2.99. The summed E-state index contributed by atoms with van der Waals surface area (Å²) in [6.45, 7) is 1.97. The molecule has 4 rings (SSSR count). The summed E-state index contributed by atoms with van der Waals surface area (Å²) in [5.41, 5.74) is 5.51. The van der Waals surface area contributed by atoms with Gasteiger partial charge in [-0.3, -0.25) is 0 Å². The average molecular weight is 298 g/mol. The van der Waals surface area contributed by atoms with Gasteiger partial charge in [0.15, 0.2) is 5.52 Å². The van der Waals surface area contributed by atoms with E-state index in [9.17, 15) is 0 Å². The lowest BCUT2D eigenvalue weighted by atomic mass is 9.99. The molecule has 6 heteroatoms. The van der Waals surface area contributed by atoms with E-state index in [4.69, 9.17) is 4.63 Å². The lowest BCUT2D eigenvalue weighted by Crippen LogP contribution is -2.24. The van der Waals surface area contributed by atoms with Crippen molar-refractivity contribution < 1.29 is 4.63 Å². The first-order valence-corrected chi connectivity index (χ1v) is 7.69. The fourth-order valence-corrected chi connectivity index (χ4v) is 3.40. The normalized spacial score (nSPS) is 14.1. The number of fused-ring (bicyclic) bond motifs is 2. The molecule has 1 aliphatic heterocycles. The van der Waals surface area contributed by atoms with E-state index in [1.807, 2.05) is 18.2 Å². The summed E-state index contributed by atoms with van der Waals surface area (Å²) < 4.78 is 8.25. The highest BCUT2D eigenvalue weighted by Gasteiger charge is 2.13. The average Bonchev–Trinajstić information content (AvgIpc) is 3.02. The third kappa shape index (κ3) is 2.36. The highest BCUT2D eigenvalue weighted by Crippen LogP contribution is 2.30. The van der Waals surface area contributed by atoms with Gasteiger partial charge in [0.05, 0.1) is 4.90 Å². The molecule has 0 bridgehead atoms. The van der Waals surface area contributed by atoms with Gasteiger partial charge in [-0.05, 0) is 64.6 Å². The Labute approximate surface area is 126 Å². The number of hydrogen-bond acceptors (Lipinski definition) is 6. The maximum absolute atomic E-state index is 4.80. The lowest BCUT2D eigenvalue weighted by Gasteiger charge is -2.20. The Bertz CT molecular complexity index is 786. The van der Waals surface area contributed by atoms with E-state index in [1.54, 1.807) is 11.9 Å². The highest BCUT2D eigenvalue weighted by molar-refractivity contribution is 8.00. The van der Waals surface area contributed by atoms with E-state index in [0.717, 1.165) is 35.4 Å². The molecule has 0 saturated carbocycles. The van der Waals surface area contributed by atoms with E-state index < -0.39 is 0 Å². The van der Waals surface area contributed by atoms with Gasteiger partial charge in [-0.1, -0.05) is 18.2 Å². The minimum Gasteiger partial charge on any atom is -0.325 e. The molecule has 106 valence electrons. The van der Waals surface area contributed by atoms with Crippen LogP contribution in [-0.2, 0) is 13.0 Å². The second-order valence-electron chi connectivity index (χ2n) is 4.96. The van der Waals surface area contributed by atoms with E-state index in [0.29, 0.717) is 0 Å². The zero-order chi connectivity index (χ0) is 14.1. The first-order chi connectivity index (χ1) is 10.4.